The molecule has 0 saturated carbocycles. The van der Waals surface area contributed by atoms with Crippen LogP contribution in [0.15, 0.2) is 54.7 Å². The van der Waals surface area contributed by atoms with Gasteiger partial charge in [0.15, 0.2) is 0 Å². The number of nitrogens with one attached hydrogen (secondary N) is 2. The van der Waals surface area contributed by atoms with Crippen LogP contribution in [-0.2, 0) is 10.3 Å². The summed E-state index contributed by atoms with van der Waals surface area (Å²) in [4.78, 5) is 21.1. The molecule has 0 bridgehead atoms. The van der Waals surface area contributed by atoms with E-state index in [2.05, 4.69) is 50.4 Å². The Balaban J connectivity index is 1.16. The first-order chi connectivity index (χ1) is 16.6. The highest BCUT2D eigenvalue weighted by atomic mass is 19.1. The minimum absolute atomic E-state index is 0.0120. The molecule has 1 amide bonds. The third-order valence-corrected chi connectivity index (χ3v) is 7.97. The lowest BCUT2D eigenvalue weighted by Gasteiger charge is -2.48. The number of likely N-dealkylation sites (tertiary alicyclic amines) is 2. The molecule has 5 nitrogen and oxygen atoms in total. The van der Waals surface area contributed by atoms with Gasteiger partial charge in [-0.3, -0.25) is 9.69 Å². The van der Waals surface area contributed by atoms with Gasteiger partial charge < -0.3 is 15.2 Å². The molecule has 180 valence electrons. The van der Waals surface area contributed by atoms with Gasteiger partial charge in [0, 0.05) is 48.8 Å². The first-order valence-corrected chi connectivity index (χ1v) is 12.6. The van der Waals surface area contributed by atoms with Crippen LogP contribution in [0.2, 0.25) is 0 Å². The van der Waals surface area contributed by atoms with Crippen LogP contribution < -0.4 is 5.32 Å². The summed E-state index contributed by atoms with van der Waals surface area (Å²) in [6.45, 7) is 7.90. The van der Waals surface area contributed by atoms with E-state index in [1.807, 2.05) is 13.1 Å². The number of halogens is 1. The molecule has 3 heterocycles. The highest BCUT2D eigenvalue weighted by Gasteiger charge is 2.42. The second kappa shape index (κ2) is 9.88. The van der Waals surface area contributed by atoms with E-state index in [0.717, 1.165) is 48.9 Å². The molecule has 2 aliphatic heterocycles. The average molecular weight is 463 g/mol. The van der Waals surface area contributed by atoms with Gasteiger partial charge in [0.05, 0.1) is 5.92 Å². The number of fused-ring (bicyclic) bond motifs is 1. The molecule has 3 aromatic rings. The maximum Gasteiger partial charge on any atom is 0.227 e. The lowest BCUT2D eigenvalue weighted by atomic mass is 9.79. The Kier molecular flexibility index (Phi) is 6.70. The number of nitrogens with zero attached hydrogens (tertiary/aromatic N) is 2. The predicted octanol–water partition coefficient (Wildman–Crippen LogP) is 4.61. The van der Waals surface area contributed by atoms with Gasteiger partial charge in [-0.2, -0.15) is 0 Å². The SMILES string of the molecule is CC(C(=O)NCCN1CCC(c2ccccc2)(N2CCCC2)CC1)c1c[nH]c2cc(F)ccc12. The van der Waals surface area contributed by atoms with E-state index in [9.17, 15) is 9.18 Å². The number of carbonyl (C=O) groups is 1. The Bertz CT molecular complexity index is 1110. The van der Waals surface area contributed by atoms with Crippen LogP contribution >= 0.6 is 0 Å². The molecule has 5 rings (SSSR count). The quantitative estimate of drug-likeness (QED) is 0.539. The van der Waals surface area contributed by atoms with Crippen molar-refractivity contribution < 1.29 is 9.18 Å². The number of carbonyl (C=O) groups excluding carboxylic acids is 1. The lowest BCUT2D eigenvalue weighted by Crippen LogP contribution is -2.53. The summed E-state index contributed by atoms with van der Waals surface area (Å²) in [5, 5.41) is 4.02. The lowest BCUT2D eigenvalue weighted by molar-refractivity contribution is -0.122. The number of aromatic amines is 1. The number of amides is 1. The molecule has 6 heteroatoms. The molecule has 0 radical (unpaired) electrons. The summed E-state index contributed by atoms with van der Waals surface area (Å²) in [7, 11) is 0. The summed E-state index contributed by atoms with van der Waals surface area (Å²) < 4.78 is 13.5. The third-order valence-electron chi connectivity index (χ3n) is 7.97. The topological polar surface area (TPSA) is 51.4 Å². The largest absolute Gasteiger partial charge is 0.361 e. The minimum Gasteiger partial charge on any atom is -0.361 e. The number of hydrogen-bond acceptors (Lipinski definition) is 3. The van der Waals surface area contributed by atoms with E-state index in [1.165, 1.54) is 43.6 Å². The van der Waals surface area contributed by atoms with Crippen molar-refractivity contribution in [3.8, 4) is 0 Å². The molecule has 1 aromatic heterocycles. The van der Waals surface area contributed by atoms with Gasteiger partial charge >= 0.3 is 0 Å². The second-order valence-corrected chi connectivity index (χ2v) is 9.88. The van der Waals surface area contributed by atoms with Crippen LogP contribution in [0.3, 0.4) is 0 Å². The van der Waals surface area contributed by atoms with E-state index >= 15 is 0 Å². The molecule has 34 heavy (non-hydrogen) atoms. The summed E-state index contributed by atoms with van der Waals surface area (Å²) in [6.07, 6.45) is 6.68. The number of rotatable bonds is 7. The fourth-order valence-corrected chi connectivity index (χ4v) is 5.94. The van der Waals surface area contributed by atoms with Crippen molar-refractivity contribution in [2.45, 2.75) is 44.1 Å². The van der Waals surface area contributed by atoms with Gasteiger partial charge in [0.25, 0.3) is 0 Å². The molecular formula is C28H35FN4O. The second-order valence-electron chi connectivity index (χ2n) is 9.88. The average Bonchev–Trinajstić information content (AvgIpc) is 3.55. The van der Waals surface area contributed by atoms with Crippen LogP contribution in [0.4, 0.5) is 4.39 Å². The van der Waals surface area contributed by atoms with Crippen LogP contribution in [0.1, 0.15) is 49.7 Å². The van der Waals surface area contributed by atoms with E-state index in [4.69, 9.17) is 0 Å². The van der Waals surface area contributed by atoms with Crippen LogP contribution in [0.25, 0.3) is 10.9 Å². The van der Waals surface area contributed by atoms with Crippen molar-refractivity contribution >= 4 is 16.8 Å². The maximum atomic E-state index is 13.5. The van der Waals surface area contributed by atoms with E-state index in [1.54, 1.807) is 6.07 Å². The summed E-state index contributed by atoms with van der Waals surface area (Å²) in [6, 6.07) is 15.7. The normalized spacial score (nSPS) is 19.9. The number of piperidine rings is 1. The number of aromatic nitrogens is 1. The smallest absolute Gasteiger partial charge is 0.227 e. The van der Waals surface area contributed by atoms with Gasteiger partial charge in [-0.1, -0.05) is 30.3 Å². The Morgan fingerprint density at radius 2 is 1.82 bits per heavy atom. The first-order valence-electron chi connectivity index (χ1n) is 12.6. The molecule has 2 saturated heterocycles. The Morgan fingerprint density at radius 1 is 1.09 bits per heavy atom. The van der Waals surface area contributed by atoms with Crippen LogP contribution in [-0.4, -0.2) is 60.0 Å². The first kappa shape index (κ1) is 23.1. The fourth-order valence-electron chi connectivity index (χ4n) is 5.94. The van der Waals surface area contributed by atoms with Gasteiger partial charge in [-0.05, 0) is 75.0 Å². The van der Waals surface area contributed by atoms with Crippen molar-refractivity contribution in [3.05, 3.63) is 71.7 Å². The molecular weight excluding hydrogens is 427 g/mol. The standard InChI is InChI=1S/C28H35FN4O/c1-21(25-20-31-26-19-23(29)9-10-24(25)26)27(34)30-13-18-32-16-11-28(12-17-32,33-14-5-6-15-33)22-7-3-2-4-8-22/h2-4,7-10,19-21,31H,5-6,11-18H2,1H3,(H,30,34). The third kappa shape index (κ3) is 4.49. The zero-order chi connectivity index (χ0) is 23.5. The molecule has 1 unspecified atom stereocenters. The minimum atomic E-state index is -0.290. The van der Waals surface area contributed by atoms with E-state index in [-0.39, 0.29) is 23.2 Å². The highest BCUT2D eigenvalue weighted by molar-refractivity contribution is 5.91. The number of H-pyrrole nitrogens is 1. The maximum absolute atomic E-state index is 13.5. The molecule has 2 N–H and O–H groups in total. The Labute approximate surface area is 201 Å². The van der Waals surface area contributed by atoms with Gasteiger partial charge in [-0.15, -0.1) is 0 Å². The molecule has 0 spiro atoms. The number of hydrogen-bond donors (Lipinski definition) is 2. The molecule has 0 aliphatic carbocycles. The van der Waals surface area contributed by atoms with Gasteiger partial charge in [0.1, 0.15) is 5.82 Å². The van der Waals surface area contributed by atoms with E-state index < -0.39 is 0 Å². The number of benzene rings is 2. The van der Waals surface area contributed by atoms with Gasteiger partial charge in [0.2, 0.25) is 5.91 Å². The van der Waals surface area contributed by atoms with Crippen molar-refractivity contribution in [1.82, 2.24) is 20.1 Å². The Hall–Kier alpha value is -2.70. The zero-order valence-electron chi connectivity index (χ0n) is 20.0. The van der Waals surface area contributed by atoms with Crippen molar-refractivity contribution in [3.63, 3.8) is 0 Å². The highest BCUT2D eigenvalue weighted by Crippen LogP contribution is 2.40. The van der Waals surface area contributed by atoms with Crippen molar-refractivity contribution in [1.29, 1.82) is 0 Å². The molecule has 2 fully saturated rings. The van der Waals surface area contributed by atoms with Crippen molar-refractivity contribution in [2.75, 3.05) is 39.3 Å². The fraction of sp³-hybridized carbons (Fsp3) is 0.464. The summed E-state index contributed by atoms with van der Waals surface area (Å²) in [5.41, 5.74) is 3.24. The van der Waals surface area contributed by atoms with Crippen molar-refractivity contribution in [2.24, 2.45) is 0 Å². The summed E-state index contributed by atoms with van der Waals surface area (Å²) in [5.74, 6) is -0.556. The Morgan fingerprint density at radius 3 is 2.56 bits per heavy atom. The monoisotopic (exact) mass is 462 g/mol. The summed E-state index contributed by atoms with van der Waals surface area (Å²) >= 11 is 0. The molecule has 1 atom stereocenters. The van der Waals surface area contributed by atoms with Gasteiger partial charge in [-0.25, -0.2) is 4.39 Å². The molecule has 2 aliphatic rings. The van der Waals surface area contributed by atoms with Crippen LogP contribution in [0, 0.1) is 5.82 Å². The zero-order valence-corrected chi connectivity index (χ0v) is 20.0. The predicted molar refractivity (Wildman–Crippen MR) is 134 cm³/mol. The van der Waals surface area contributed by atoms with Crippen LogP contribution in [0.5, 0.6) is 0 Å². The van der Waals surface area contributed by atoms with E-state index in [0.29, 0.717) is 6.54 Å². The molecule has 2 aromatic carbocycles.